The lowest BCUT2D eigenvalue weighted by Crippen LogP contribution is -2.47. The molecule has 4 nitrogen and oxygen atoms in total. The molecule has 0 aliphatic rings. The minimum atomic E-state index is -0.0257. The van der Waals surface area contributed by atoms with E-state index in [1.165, 1.54) is 0 Å². The minimum Gasteiger partial charge on any atom is -0.385 e. The Balaban J connectivity index is 3.83. The summed E-state index contributed by atoms with van der Waals surface area (Å²) < 4.78 is 4.93. The quantitative estimate of drug-likeness (QED) is 0.654. The van der Waals surface area contributed by atoms with Crippen LogP contribution in [0, 0.1) is 5.41 Å². The van der Waals surface area contributed by atoms with Crippen LogP contribution >= 0.6 is 0 Å². The molecule has 0 aliphatic carbocycles. The standard InChI is InChI=1S/C14H30N2O2/c1-13(2,3)11-14(4,5)16-10-12(17)15-8-7-9-18-6/h16H,7-11H2,1-6H3,(H,15,17). The van der Waals surface area contributed by atoms with Crippen LogP contribution < -0.4 is 10.6 Å². The van der Waals surface area contributed by atoms with Crippen LogP contribution in [0.4, 0.5) is 0 Å². The molecule has 0 aromatic carbocycles. The van der Waals surface area contributed by atoms with Gasteiger partial charge in [0.2, 0.25) is 5.91 Å². The Morgan fingerprint density at radius 3 is 2.28 bits per heavy atom. The fraction of sp³-hybridized carbons (Fsp3) is 0.929. The Kier molecular flexibility index (Phi) is 7.48. The lowest BCUT2D eigenvalue weighted by atomic mass is 9.82. The molecular weight excluding hydrogens is 228 g/mol. The van der Waals surface area contributed by atoms with Gasteiger partial charge in [-0.2, -0.15) is 0 Å². The number of rotatable bonds is 8. The molecule has 108 valence electrons. The molecule has 0 aromatic heterocycles. The van der Waals surface area contributed by atoms with Crippen molar-refractivity contribution in [1.82, 2.24) is 10.6 Å². The van der Waals surface area contributed by atoms with E-state index in [2.05, 4.69) is 45.3 Å². The maximum Gasteiger partial charge on any atom is 0.233 e. The number of carbonyl (C=O) groups is 1. The van der Waals surface area contributed by atoms with Crippen molar-refractivity contribution in [2.75, 3.05) is 26.8 Å². The third-order valence-electron chi connectivity index (χ3n) is 2.55. The fourth-order valence-electron chi connectivity index (χ4n) is 2.21. The summed E-state index contributed by atoms with van der Waals surface area (Å²) in [5.41, 5.74) is 0.230. The zero-order chi connectivity index (χ0) is 14.2. The van der Waals surface area contributed by atoms with Gasteiger partial charge < -0.3 is 15.4 Å². The molecule has 0 unspecified atom stereocenters. The summed E-state index contributed by atoms with van der Waals surface area (Å²) in [6.45, 7) is 12.6. The van der Waals surface area contributed by atoms with E-state index in [-0.39, 0.29) is 16.9 Å². The van der Waals surface area contributed by atoms with Crippen LogP contribution in [0.3, 0.4) is 0 Å². The molecule has 18 heavy (non-hydrogen) atoms. The van der Waals surface area contributed by atoms with E-state index in [1.54, 1.807) is 7.11 Å². The Hall–Kier alpha value is -0.610. The molecule has 0 aromatic rings. The number of hydrogen-bond acceptors (Lipinski definition) is 3. The molecule has 0 atom stereocenters. The highest BCUT2D eigenvalue weighted by atomic mass is 16.5. The third-order valence-corrected chi connectivity index (χ3v) is 2.55. The molecule has 0 bridgehead atoms. The van der Waals surface area contributed by atoms with Gasteiger partial charge >= 0.3 is 0 Å². The highest BCUT2D eigenvalue weighted by molar-refractivity contribution is 5.78. The van der Waals surface area contributed by atoms with Gasteiger partial charge in [0, 0.05) is 25.8 Å². The Morgan fingerprint density at radius 1 is 1.17 bits per heavy atom. The van der Waals surface area contributed by atoms with Crippen molar-refractivity contribution in [3.05, 3.63) is 0 Å². The van der Waals surface area contributed by atoms with Crippen molar-refractivity contribution in [3.8, 4) is 0 Å². The monoisotopic (exact) mass is 258 g/mol. The van der Waals surface area contributed by atoms with Gasteiger partial charge in [0.25, 0.3) is 0 Å². The molecule has 0 radical (unpaired) electrons. The smallest absolute Gasteiger partial charge is 0.233 e. The molecule has 4 heteroatoms. The van der Waals surface area contributed by atoms with Crippen molar-refractivity contribution in [2.24, 2.45) is 5.41 Å². The van der Waals surface area contributed by atoms with Gasteiger partial charge in [-0.25, -0.2) is 0 Å². The maximum atomic E-state index is 11.6. The zero-order valence-electron chi connectivity index (χ0n) is 12.9. The summed E-state index contributed by atoms with van der Waals surface area (Å²) in [7, 11) is 1.67. The second-order valence-corrected chi connectivity index (χ2v) is 6.67. The lowest BCUT2D eigenvalue weighted by molar-refractivity contribution is -0.120. The highest BCUT2D eigenvalue weighted by Gasteiger charge is 2.25. The molecule has 2 N–H and O–H groups in total. The Morgan fingerprint density at radius 2 is 1.78 bits per heavy atom. The zero-order valence-corrected chi connectivity index (χ0v) is 12.9. The minimum absolute atomic E-state index is 0.0257. The van der Waals surface area contributed by atoms with Crippen molar-refractivity contribution in [3.63, 3.8) is 0 Å². The van der Waals surface area contributed by atoms with E-state index in [0.717, 1.165) is 12.8 Å². The van der Waals surface area contributed by atoms with Gasteiger partial charge in [0.15, 0.2) is 0 Å². The van der Waals surface area contributed by atoms with E-state index in [4.69, 9.17) is 4.74 Å². The second-order valence-electron chi connectivity index (χ2n) is 6.67. The van der Waals surface area contributed by atoms with Crippen LogP contribution in [-0.4, -0.2) is 38.3 Å². The number of amides is 1. The predicted octanol–water partition coefficient (Wildman–Crippen LogP) is 1.94. The number of methoxy groups -OCH3 is 1. The first-order valence-corrected chi connectivity index (χ1v) is 6.67. The largest absolute Gasteiger partial charge is 0.385 e. The number of carbonyl (C=O) groups excluding carboxylic acids is 1. The van der Waals surface area contributed by atoms with Crippen LogP contribution in [0.25, 0.3) is 0 Å². The summed E-state index contributed by atoms with van der Waals surface area (Å²) in [4.78, 5) is 11.6. The first kappa shape index (κ1) is 17.4. The van der Waals surface area contributed by atoms with Gasteiger partial charge in [0.05, 0.1) is 6.54 Å². The average molecular weight is 258 g/mol. The topological polar surface area (TPSA) is 50.4 Å². The van der Waals surface area contributed by atoms with Crippen LogP contribution in [-0.2, 0) is 9.53 Å². The normalized spacial score (nSPS) is 12.6. The summed E-state index contributed by atoms with van der Waals surface area (Å²) in [6.07, 6.45) is 1.88. The second kappa shape index (κ2) is 7.74. The van der Waals surface area contributed by atoms with Crippen molar-refractivity contribution in [1.29, 1.82) is 0 Å². The van der Waals surface area contributed by atoms with E-state index < -0.39 is 0 Å². The van der Waals surface area contributed by atoms with Crippen molar-refractivity contribution < 1.29 is 9.53 Å². The number of nitrogens with one attached hydrogen (secondary N) is 2. The summed E-state index contributed by atoms with van der Waals surface area (Å²) in [6, 6.07) is 0. The first-order valence-electron chi connectivity index (χ1n) is 6.67. The van der Waals surface area contributed by atoms with E-state index in [9.17, 15) is 4.79 Å². The first-order chi connectivity index (χ1) is 8.16. The maximum absolute atomic E-state index is 11.6. The van der Waals surface area contributed by atoms with E-state index in [0.29, 0.717) is 19.7 Å². The van der Waals surface area contributed by atoms with E-state index in [1.807, 2.05) is 0 Å². The molecule has 0 spiro atoms. The molecule has 1 amide bonds. The van der Waals surface area contributed by atoms with Gasteiger partial charge in [-0.05, 0) is 32.1 Å². The van der Waals surface area contributed by atoms with Crippen molar-refractivity contribution >= 4 is 5.91 Å². The number of ether oxygens (including phenoxy) is 1. The molecule has 0 saturated heterocycles. The van der Waals surface area contributed by atoms with Crippen molar-refractivity contribution in [2.45, 2.75) is 53.0 Å². The summed E-state index contributed by atoms with van der Waals surface area (Å²) >= 11 is 0. The highest BCUT2D eigenvalue weighted by Crippen LogP contribution is 2.26. The van der Waals surface area contributed by atoms with Crippen LogP contribution in [0.5, 0.6) is 0 Å². The van der Waals surface area contributed by atoms with E-state index >= 15 is 0 Å². The third kappa shape index (κ3) is 10.5. The summed E-state index contributed by atoms with van der Waals surface area (Å²) in [5, 5.41) is 6.18. The lowest BCUT2D eigenvalue weighted by Gasteiger charge is -2.33. The van der Waals surface area contributed by atoms with Crippen LogP contribution in [0.1, 0.15) is 47.5 Å². The predicted molar refractivity (Wildman–Crippen MR) is 75.7 cm³/mol. The SMILES string of the molecule is COCCCNC(=O)CNC(C)(C)CC(C)(C)C. The van der Waals surface area contributed by atoms with Crippen LogP contribution in [0.15, 0.2) is 0 Å². The molecule has 0 saturated carbocycles. The molecule has 0 heterocycles. The van der Waals surface area contributed by atoms with Gasteiger partial charge in [0.1, 0.15) is 0 Å². The fourth-order valence-corrected chi connectivity index (χ4v) is 2.21. The van der Waals surface area contributed by atoms with Gasteiger partial charge in [-0.1, -0.05) is 20.8 Å². The average Bonchev–Trinajstić information content (AvgIpc) is 2.18. The molecule has 0 fully saturated rings. The Bertz CT molecular complexity index is 245. The molecule has 0 aliphatic heterocycles. The molecular formula is C14H30N2O2. The van der Waals surface area contributed by atoms with Gasteiger partial charge in [-0.3, -0.25) is 4.79 Å². The Labute approximate surface area is 112 Å². The number of hydrogen-bond donors (Lipinski definition) is 2. The van der Waals surface area contributed by atoms with Gasteiger partial charge in [-0.15, -0.1) is 0 Å². The summed E-state index contributed by atoms with van der Waals surface area (Å²) in [5.74, 6) is 0.0492. The van der Waals surface area contributed by atoms with Crippen LogP contribution in [0.2, 0.25) is 0 Å². The molecule has 0 rings (SSSR count).